The van der Waals surface area contributed by atoms with Gasteiger partial charge in [0, 0.05) is 5.02 Å². The number of hydrogen-bond acceptors (Lipinski definition) is 2. The van der Waals surface area contributed by atoms with Crippen molar-refractivity contribution in [2.45, 2.75) is 32.6 Å². The van der Waals surface area contributed by atoms with Gasteiger partial charge in [0.1, 0.15) is 12.6 Å². The van der Waals surface area contributed by atoms with Crippen LogP contribution in [0, 0.1) is 0 Å². The van der Waals surface area contributed by atoms with Gasteiger partial charge in [0.2, 0.25) is 0 Å². The summed E-state index contributed by atoms with van der Waals surface area (Å²) in [6.07, 6.45) is -0.412. The smallest absolute Gasteiger partial charge is 0.126 e. The van der Waals surface area contributed by atoms with Crippen LogP contribution in [0.3, 0.4) is 0 Å². The van der Waals surface area contributed by atoms with E-state index in [-0.39, 0.29) is 0 Å². The van der Waals surface area contributed by atoms with Crippen molar-refractivity contribution in [2.75, 3.05) is 13.2 Å². The van der Waals surface area contributed by atoms with Gasteiger partial charge >= 0.3 is 0 Å². The molecular weight excluding hydrogens is 238 g/mol. The number of aliphatic hydroxyl groups is 1. The molecular formula is C13H21ClNO2+. The molecule has 0 bridgehead atoms. The van der Waals surface area contributed by atoms with Crippen LogP contribution in [-0.4, -0.2) is 30.4 Å². The molecule has 0 unspecified atom stereocenters. The van der Waals surface area contributed by atoms with Crippen LogP contribution in [0.2, 0.25) is 5.02 Å². The molecule has 0 saturated heterocycles. The molecule has 0 aliphatic carbocycles. The maximum absolute atomic E-state index is 9.64. The van der Waals surface area contributed by atoms with Crippen LogP contribution in [0.25, 0.3) is 0 Å². The van der Waals surface area contributed by atoms with Gasteiger partial charge < -0.3 is 15.2 Å². The number of ether oxygens (including phenoxy) is 1. The standard InChI is InChI=1S/C13H20ClNO2/c1-10(2)15-7-13(16)9-17-8-11-3-5-12(14)6-4-11/h3-6,10,13,15-16H,7-9H2,1-2H3/p+1/t13-/m0/s1. The Kier molecular flexibility index (Phi) is 6.52. The molecule has 3 N–H and O–H groups in total. The SMILES string of the molecule is CC(C)[NH2+]C[C@H](O)COCc1ccc(Cl)cc1. The zero-order valence-corrected chi connectivity index (χ0v) is 11.2. The minimum atomic E-state index is -0.412. The summed E-state index contributed by atoms with van der Waals surface area (Å²) in [7, 11) is 0. The first-order valence-electron chi connectivity index (χ1n) is 5.91. The van der Waals surface area contributed by atoms with E-state index >= 15 is 0 Å². The van der Waals surface area contributed by atoms with Crippen LogP contribution in [0.15, 0.2) is 24.3 Å². The molecule has 0 aliphatic rings. The van der Waals surface area contributed by atoms with Crippen molar-refractivity contribution in [3.8, 4) is 0 Å². The molecule has 1 aromatic carbocycles. The zero-order chi connectivity index (χ0) is 12.7. The quantitative estimate of drug-likeness (QED) is 0.772. The number of nitrogens with two attached hydrogens (primary N) is 1. The van der Waals surface area contributed by atoms with Crippen molar-refractivity contribution < 1.29 is 15.2 Å². The fourth-order valence-electron chi connectivity index (χ4n) is 1.39. The number of rotatable bonds is 7. The molecule has 96 valence electrons. The highest BCUT2D eigenvalue weighted by Crippen LogP contribution is 2.10. The summed E-state index contributed by atoms with van der Waals surface area (Å²) in [4.78, 5) is 0. The fourth-order valence-corrected chi connectivity index (χ4v) is 1.52. The fraction of sp³-hybridized carbons (Fsp3) is 0.538. The molecule has 0 fully saturated rings. The predicted molar refractivity (Wildman–Crippen MR) is 69.0 cm³/mol. The average Bonchev–Trinajstić information content (AvgIpc) is 2.29. The monoisotopic (exact) mass is 258 g/mol. The summed E-state index contributed by atoms with van der Waals surface area (Å²) in [6.45, 7) is 5.75. The van der Waals surface area contributed by atoms with Gasteiger partial charge in [0.25, 0.3) is 0 Å². The summed E-state index contributed by atoms with van der Waals surface area (Å²) in [6, 6.07) is 8.03. The van der Waals surface area contributed by atoms with Crippen molar-refractivity contribution in [1.82, 2.24) is 0 Å². The van der Waals surface area contributed by atoms with E-state index in [2.05, 4.69) is 19.2 Å². The number of aliphatic hydroxyl groups excluding tert-OH is 1. The van der Waals surface area contributed by atoms with Gasteiger partial charge in [0.15, 0.2) is 0 Å². The van der Waals surface area contributed by atoms with Crippen LogP contribution < -0.4 is 5.32 Å². The Balaban J connectivity index is 2.16. The molecule has 4 heteroatoms. The molecule has 0 heterocycles. The number of halogens is 1. The molecule has 1 atom stereocenters. The van der Waals surface area contributed by atoms with Crippen LogP contribution in [0.4, 0.5) is 0 Å². The molecule has 0 aromatic heterocycles. The van der Waals surface area contributed by atoms with E-state index in [0.29, 0.717) is 25.8 Å². The molecule has 17 heavy (non-hydrogen) atoms. The Morgan fingerprint density at radius 3 is 2.53 bits per heavy atom. The lowest BCUT2D eigenvalue weighted by atomic mass is 10.2. The largest absolute Gasteiger partial charge is 0.385 e. The maximum atomic E-state index is 9.64. The topological polar surface area (TPSA) is 46.1 Å². The molecule has 1 rings (SSSR count). The number of quaternary nitrogens is 1. The third kappa shape index (κ3) is 6.64. The number of hydrogen-bond donors (Lipinski definition) is 2. The molecule has 0 saturated carbocycles. The maximum Gasteiger partial charge on any atom is 0.126 e. The summed E-state index contributed by atoms with van der Waals surface area (Å²) in [5.41, 5.74) is 1.06. The van der Waals surface area contributed by atoms with Gasteiger partial charge in [-0.2, -0.15) is 0 Å². The second-order valence-electron chi connectivity index (χ2n) is 4.51. The summed E-state index contributed by atoms with van der Waals surface area (Å²) >= 11 is 5.78. The zero-order valence-electron chi connectivity index (χ0n) is 10.4. The Bertz CT molecular complexity index is 314. The molecule has 0 radical (unpaired) electrons. The normalized spacial score (nSPS) is 13.0. The Hall–Kier alpha value is -0.610. The first kappa shape index (κ1) is 14.5. The minimum Gasteiger partial charge on any atom is -0.385 e. The van der Waals surface area contributed by atoms with Gasteiger partial charge in [-0.05, 0) is 31.5 Å². The van der Waals surface area contributed by atoms with E-state index in [1.54, 1.807) is 0 Å². The molecule has 0 spiro atoms. The van der Waals surface area contributed by atoms with Gasteiger partial charge in [-0.1, -0.05) is 23.7 Å². The molecule has 0 aliphatic heterocycles. The van der Waals surface area contributed by atoms with E-state index in [9.17, 15) is 5.11 Å². The third-order valence-electron chi connectivity index (χ3n) is 2.37. The van der Waals surface area contributed by atoms with E-state index in [1.165, 1.54) is 0 Å². The van der Waals surface area contributed by atoms with Gasteiger partial charge in [-0.3, -0.25) is 0 Å². The summed E-state index contributed by atoms with van der Waals surface area (Å²) in [5.74, 6) is 0. The Labute approximate surface area is 108 Å². The summed E-state index contributed by atoms with van der Waals surface area (Å²) in [5, 5.41) is 12.5. The van der Waals surface area contributed by atoms with Crippen LogP contribution in [0.1, 0.15) is 19.4 Å². The minimum absolute atomic E-state index is 0.367. The Morgan fingerprint density at radius 2 is 1.94 bits per heavy atom. The van der Waals surface area contributed by atoms with Gasteiger partial charge in [-0.15, -0.1) is 0 Å². The van der Waals surface area contributed by atoms with Crippen LogP contribution >= 0.6 is 11.6 Å². The highest BCUT2D eigenvalue weighted by Gasteiger charge is 2.07. The van der Waals surface area contributed by atoms with Crippen molar-refractivity contribution in [1.29, 1.82) is 0 Å². The van der Waals surface area contributed by atoms with Crippen molar-refractivity contribution in [2.24, 2.45) is 0 Å². The second kappa shape index (κ2) is 7.67. The van der Waals surface area contributed by atoms with E-state index in [0.717, 1.165) is 10.6 Å². The lowest BCUT2D eigenvalue weighted by molar-refractivity contribution is -0.688. The Morgan fingerprint density at radius 1 is 1.29 bits per heavy atom. The average molecular weight is 259 g/mol. The van der Waals surface area contributed by atoms with Gasteiger partial charge in [0.05, 0.1) is 19.3 Å². The molecule has 1 aromatic rings. The van der Waals surface area contributed by atoms with Crippen molar-refractivity contribution >= 4 is 11.6 Å². The predicted octanol–water partition coefficient (Wildman–Crippen LogP) is 1.19. The van der Waals surface area contributed by atoms with Crippen LogP contribution in [0.5, 0.6) is 0 Å². The third-order valence-corrected chi connectivity index (χ3v) is 2.62. The number of benzene rings is 1. The van der Waals surface area contributed by atoms with Gasteiger partial charge in [-0.25, -0.2) is 0 Å². The van der Waals surface area contributed by atoms with Crippen molar-refractivity contribution in [3.05, 3.63) is 34.9 Å². The second-order valence-corrected chi connectivity index (χ2v) is 4.95. The first-order chi connectivity index (χ1) is 8.08. The van der Waals surface area contributed by atoms with Crippen LogP contribution in [-0.2, 0) is 11.3 Å². The van der Waals surface area contributed by atoms with E-state index < -0.39 is 6.10 Å². The van der Waals surface area contributed by atoms with E-state index in [1.807, 2.05) is 24.3 Å². The molecule has 3 nitrogen and oxygen atoms in total. The van der Waals surface area contributed by atoms with E-state index in [4.69, 9.17) is 16.3 Å². The highest BCUT2D eigenvalue weighted by atomic mass is 35.5. The van der Waals surface area contributed by atoms with Crippen molar-refractivity contribution in [3.63, 3.8) is 0 Å². The highest BCUT2D eigenvalue weighted by molar-refractivity contribution is 6.30. The summed E-state index contributed by atoms with van der Waals surface area (Å²) < 4.78 is 5.44. The lowest BCUT2D eigenvalue weighted by Gasteiger charge is -2.12. The molecule has 0 amide bonds. The first-order valence-corrected chi connectivity index (χ1v) is 6.29. The lowest BCUT2D eigenvalue weighted by Crippen LogP contribution is -2.90.